The molecule has 3 rings (SSSR count). The largest absolute Gasteiger partial charge is 0.543 e. The maximum atomic E-state index is 13.6. The number of nitrogens with two attached hydrogens (primary N) is 1. The Bertz CT molecular complexity index is 2010. The fraction of sp³-hybridized carbons (Fsp3) is 0.385. The number of carbonyl (C=O) groups excluding carboxylic acids is 8. The molecule has 4 radical (unpaired) electrons. The molecule has 1 heterocycles. The Balaban J connectivity index is 1.77. The number of nitrogens with one attached hydrogen (secondary N) is 3. The van der Waals surface area contributed by atoms with Crippen LogP contribution in [0.5, 0.6) is 5.75 Å². The van der Waals surface area contributed by atoms with Gasteiger partial charge in [0.25, 0.3) is 17.8 Å². The molecule has 0 saturated heterocycles. The summed E-state index contributed by atoms with van der Waals surface area (Å²) in [6, 6.07) is 10.7. The zero-order valence-corrected chi connectivity index (χ0v) is 34.1. The molecule has 2 aromatic carbocycles. The fourth-order valence-corrected chi connectivity index (χ4v) is 5.92. The molecule has 4 amide bonds. The lowest BCUT2D eigenvalue weighted by atomic mass is 9.90. The fourth-order valence-electron chi connectivity index (χ4n) is 5.92. The summed E-state index contributed by atoms with van der Waals surface area (Å²) >= 11 is 0. The molecule has 0 spiro atoms. The lowest BCUT2D eigenvalue weighted by Crippen LogP contribution is -2.49. The van der Waals surface area contributed by atoms with E-state index < -0.39 is 72.6 Å². The molecule has 3 atom stereocenters. The minimum absolute atomic E-state index is 0.0521. The highest BCUT2D eigenvalue weighted by Crippen LogP contribution is 2.30. The maximum absolute atomic E-state index is 13.6. The second-order valence-corrected chi connectivity index (χ2v) is 13.0. The van der Waals surface area contributed by atoms with Crippen molar-refractivity contribution in [1.29, 1.82) is 0 Å². The van der Waals surface area contributed by atoms with Crippen LogP contribution in [0, 0.1) is 5.92 Å². The number of hydrogen-bond acceptors (Lipinski definition) is 15. The van der Waals surface area contributed by atoms with Crippen LogP contribution < -0.4 is 26.4 Å². The summed E-state index contributed by atoms with van der Waals surface area (Å²) in [5, 5.41) is 8.39. The molecule has 1 aromatic heterocycles. The van der Waals surface area contributed by atoms with Gasteiger partial charge in [0.05, 0.1) is 36.2 Å². The number of nitrogen functional groups attached to an aromatic ring is 1. The Kier molecular flexibility index (Phi) is 20.0. The minimum Gasteiger partial charge on any atom is -0.543 e. The van der Waals surface area contributed by atoms with E-state index >= 15 is 0 Å². The van der Waals surface area contributed by atoms with Gasteiger partial charge in [-0.2, -0.15) is 5.06 Å². The summed E-state index contributed by atoms with van der Waals surface area (Å²) in [6.45, 7) is 5.63. The van der Waals surface area contributed by atoms with E-state index in [0.29, 0.717) is 19.3 Å². The molecular formula is C39H46B3N5O14. The molecule has 320 valence electrons. The number of anilines is 1. The Hall–Kier alpha value is -6.73. The van der Waals surface area contributed by atoms with Gasteiger partial charge in [-0.15, -0.1) is 0 Å². The van der Waals surface area contributed by atoms with Crippen molar-refractivity contribution in [2.45, 2.75) is 78.1 Å². The molecule has 0 saturated carbocycles. The molecule has 0 aliphatic carbocycles. The highest BCUT2D eigenvalue weighted by atomic mass is 16.7. The van der Waals surface area contributed by atoms with Crippen molar-refractivity contribution in [3.8, 4) is 17.1 Å². The number of hydroxylamine groups is 2. The SMILES string of the molecule is [B]OC(=O)C[C@H](NC(=O)c1ccc(-c2ccc(C(=O)NCNC(=O)[C@H](CCCCC)[C@@H](CC)N(C=O)OC(=O)c3ccccc3N)o2)cc1OCC(=O)O[B]C)C(=O)O[B]C. The summed E-state index contributed by atoms with van der Waals surface area (Å²) in [7, 11) is 7.08. The Morgan fingerprint density at radius 3 is 2.30 bits per heavy atom. The highest BCUT2D eigenvalue weighted by molar-refractivity contribution is 6.29. The lowest BCUT2D eigenvalue weighted by Gasteiger charge is -2.31. The Morgan fingerprint density at radius 1 is 0.902 bits per heavy atom. The van der Waals surface area contributed by atoms with Crippen LogP contribution in [0.15, 0.2) is 59.0 Å². The van der Waals surface area contributed by atoms with E-state index in [0.717, 1.165) is 32.9 Å². The summed E-state index contributed by atoms with van der Waals surface area (Å²) < 4.78 is 25.1. The average molecular weight is 841 g/mol. The summed E-state index contributed by atoms with van der Waals surface area (Å²) in [4.78, 5) is 107. The van der Waals surface area contributed by atoms with Crippen LogP contribution in [0.2, 0.25) is 13.6 Å². The Labute approximate surface area is 355 Å². The molecule has 0 fully saturated rings. The zero-order valence-electron chi connectivity index (χ0n) is 34.1. The third-order valence-electron chi connectivity index (χ3n) is 8.91. The zero-order chi connectivity index (χ0) is 44.9. The van der Waals surface area contributed by atoms with E-state index in [1.165, 1.54) is 56.1 Å². The van der Waals surface area contributed by atoms with E-state index in [-0.39, 0.29) is 52.7 Å². The first kappa shape index (κ1) is 48.6. The minimum atomic E-state index is -1.51. The number of unbranched alkanes of at least 4 members (excludes halogenated alkanes) is 2. The number of rotatable bonds is 25. The maximum Gasteiger partial charge on any atom is 0.378 e. The molecule has 0 bridgehead atoms. The number of ether oxygens (including phenoxy) is 1. The smallest absolute Gasteiger partial charge is 0.378 e. The van der Waals surface area contributed by atoms with E-state index in [9.17, 15) is 38.4 Å². The van der Waals surface area contributed by atoms with Gasteiger partial charge in [-0.3, -0.25) is 33.6 Å². The van der Waals surface area contributed by atoms with Gasteiger partial charge in [-0.1, -0.05) is 65.0 Å². The number of hydrogen-bond donors (Lipinski definition) is 4. The number of para-hydroxylation sites is 1. The van der Waals surface area contributed by atoms with Gasteiger partial charge in [0.1, 0.15) is 17.6 Å². The third-order valence-corrected chi connectivity index (χ3v) is 8.91. The molecule has 61 heavy (non-hydrogen) atoms. The molecule has 19 nitrogen and oxygen atoms in total. The number of amides is 4. The molecule has 5 N–H and O–H groups in total. The average Bonchev–Trinajstić information content (AvgIpc) is 3.75. The van der Waals surface area contributed by atoms with Crippen molar-refractivity contribution in [3.63, 3.8) is 0 Å². The van der Waals surface area contributed by atoms with Crippen LogP contribution in [0.3, 0.4) is 0 Å². The Morgan fingerprint density at radius 2 is 1.64 bits per heavy atom. The third kappa shape index (κ3) is 14.5. The van der Waals surface area contributed by atoms with Crippen LogP contribution in [0.4, 0.5) is 5.69 Å². The number of furan rings is 1. The first-order valence-corrected chi connectivity index (χ1v) is 19.2. The van der Waals surface area contributed by atoms with Crippen molar-refractivity contribution in [2.24, 2.45) is 5.92 Å². The van der Waals surface area contributed by atoms with Gasteiger partial charge in [0.15, 0.2) is 12.4 Å². The molecule has 22 heteroatoms. The topological polar surface area (TPSA) is 261 Å². The first-order chi connectivity index (χ1) is 29.3. The number of carbonyl (C=O) groups is 8. The second-order valence-electron chi connectivity index (χ2n) is 13.0. The van der Waals surface area contributed by atoms with E-state index in [1.54, 1.807) is 19.1 Å². The lowest BCUT2D eigenvalue weighted by molar-refractivity contribution is -0.171. The van der Waals surface area contributed by atoms with E-state index in [1.807, 2.05) is 6.92 Å². The van der Waals surface area contributed by atoms with Gasteiger partial charge >= 0.3 is 40.9 Å². The van der Waals surface area contributed by atoms with E-state index in [2.05, 4.69) is 20.6 Å². The van der Waals surface area contributed by atoms with Gasteiger partial charge in [0.2, 0.25) is 12.3 Å². The van der Waals surface area contributed by atoms with Crippen molar-refractivity contribution < 1.29 is 66.3 Å². The molecule has 0 aliphatic heterocycles. The van der Waals surface area contributed by atoms with Gasteiger partial charge in [-0.05, 0) is 49.2 Å². The standard InChI is InChI=1S/C39H46B3N5O14/c1-5-7-8-12-25(29(6-2)47(22-48)61-38(54)24-11-9-10-13-27(24)43)35(51)44-21-45-37(53)31-17-16-30(57-31)23-14-15-26(32(18-23)56-20-34(50)59-41-3)36(52)46-28(19-33(49)58-40)39(55)60-42-4/h9-11,13-18,22,25,28-29H,5-8,12,19-21,43H2,1-4H3,(H,44,51)(H,45,53)(H,46,52)/t25-,28+,29-/m1/s1. The van der Waals surface area contributed by atoms with E-state index in [4.69, 9.17) is 37.1 Å². The molecular weight excluding hydrogens is 795 g/mol. The van der Waals surface area contributed by atoms with Crippen molar-refractivity contribution in [3.05, 3.63) is 71.5 Å². The van der Waals surface area contributed by atoms with Crippen molar-refractivity contribution in [2.75, 3.05) is 19.0 Å². The second kappa shape index (κ2) is 25.0. The number of nitrogens with zero attached hydrogens (tertiary/aromatic N) is 1. The normalized spacial score (nSPS) is 11.9. The quantitative estimate of drug-likeness (QED) is 0.0239. The summed E-state index contributed by atoms with van der Waals surface area (Å²) in [5.74, 6) is -6.83. The predicted octanol–water partition coefficient (Wildman–Crippen LogP) is 2.45. The molecule has 0 aliphatic rings. The highest BCUT2D eigenvalue weighted by Gasteiger charge is 2.34. The van der Waals surface area contributed by atoms with Crippen LogP contribution >= 0.6 is 0 Å². The molecule has 3 aromatic rings. The van der Waals surface area contributed by atoms with Gasteiger partial charge in [-0.25, -0.2) is 4.79 Å². The van der Waals surface area contributed by atoms with Crippen LogP contribution in [-0.2, 0) is 42.8 Å². The van der Waals surface area contributed by atoms with Crippen LogP contribution in [-0.4, -0.2) is 101 Å². The first-order valence-electron chi connectivity index (χ1n) is 19.2. The number of benzene rings is 2. The monoisotopic (exact) mass is 841 g/mol. The van der Waals surface area contributed by atoms with Crippen LogP contribution in [0.1, 0.15) is 83.6 Å². The van der Waals surface area contributed by atoms with Crippen molar-refractivity contribution in [1.82, 2.24) is 21.0 Å². The van der Waals surface area contributed by atoms with Gasteiger partial charge in [0, 0.05) is 11.3 Å². The van der Waals surface area contributed by atoms with Crippen LogP contribution in [0.25, 0.3) is 11.3 Å². The van der Waals surface area contributed by atoms with Gasteiger partial charge < -0.3 is 49.6 Å². The molecule has 0 unspecified atom stereocenters. The van der Waals surface area contributed by atoms with Crippen molar-refractivity contribution >= 4 is 76.7 Å². The summed E-state index contributed by atoms with van der Waals surface area (Å²) in [6.07, 6.45) is 2.57. The summed E-state index contributed by atoms with van der Waals surface area (Å²) in [5.41, 5.74) is 6.22. The predicted molar refractivity (Wildman–Crippen MR) is 219 cm³/mol.